The van der Waals surface area contributed by atoms with Crippen LogP contribution in [0.25, 0.3) is 0 Å². The van der Waals surface area contributed by atoms with Crippen molar-refractivity contribution in [1.29, 1.82) is 0 Å². The second kappa shape index (κ2) is 4.72. The predicted octanol–water partition coefficient (Wildman–Crippen LogP) is 2.34. The highest BCUT2D eigenvalue weighted by Crippen LogP contribution is 2.29. The summed E-state index contributed by atoms with van der Waals surface area (Å²) in [6.45, 7) is 2.69. The maximum absolute atomic E-state index is 5.61. The molecule has 0 spiro atoms. The van der Waals surface area contributed by atoms with Gasteiger partial charge in [-0.05, 0) is 24.1 Å². The highest BCUT2D eigenvalue weighted by Gasteiger charge is 2.05. The van der Waals surface area contributed by atoms with E-state index in [4.69, 9.17) is 5.73 Å². The summed E-state index contributed by atoms with van der Waals surface area (Å²) < 4.78 is 2.01. The number of aromatic nitrogens is 2. The molecule has 3 nitrogen and oxygen atoms in total. The maximum atomic E-state index is 5.61. The van der Waals surface area contributed by atoms with Crippen LogP contribution in [0.2, 0.25) is 0 Å². The molecule has 2 N–H and O–H groups in total. The number of hydrogen-bond donors (Lipinski definition) is 1. The van der Waals surface area contributed by atoms with Crippen LogP contribution in [0.4, 0.5) is 0 Å². The van der Waals surface area contributed by atoms with E-state index in [1.165, 1.54) is 16.0 Å². The Morgan fingerprint density at radius 3 is 2.81 bits per heavy atom. The number of benzene rings is 1. The molecule has 84 valence electrons. The molecule has 0 fully saturated rings. The first-order valence-electron chi connectivity index (χ1n) is 5.15. The number of hydrogen-bond acceptors (Lipinski definition) is 3. The molecule has 0 aliphatic heterocycles. The highest BCUT2D eigenvalue weighted by atomic mass is 32.2. The molecule has 0 amide bonds. The molecule has 0 saturated carbocycles. The van der Waals surface area contributed by atoms with Crippen LogP contribution in [-0.4, -0.2) is 9.55 Å². The Morgan fingerprint density at radius 1 is 1.44 bits per heavy atom. The van der Waals surface area contributed by atoms with E-state index in [1.54, 1.807) is 11.8 Å². The summed E-state index contributed by atoms with van der Waals surface area (Å²) in [5.74, 6) is 0. The van der Waals surface area contributed by atoms with Gasteiger partial charge in [0, 0.05) is 30.9 Å². The molecule has 1 heterocycles. The van der Waals surface area contributed by atoms with E-state index in [2.05, 4.69) is 30.1 Å². The molecule has 1 aromatic carbocycles. The Balaban J connectivity index is 2.25. The Bertz CT molecular complexity index is 491. The van der Waals surface area contributed by atoms with Crippen molar-refractivity contribution in [2.45, 2.75) is 23.5 Å². The van der Waals surface area contributed by atoms with Gasteiger partial charge in [-0.15, -0.1) is 0 Å². The molecule has 0 aliphatic rings. The summed E-state index contributed by atoms with van der Waals surface area (Å²) in [5, 5.41) is 1.00. The third-order valence-electron chi connectivity index (χ3n) is 2.45. The molecule has 0 saturated heterocycles. The van der Waals surface area contributed by atoms with Crippen LogP contribution in [0.5, 0.6) is 0 Å². The van der Waals surface area contributed by atoms with Crippen molar-refractivity contribution in [3.8, 4) is 0 Å². The Labute approximate surface area is 99.7 Å². The molecular formula is C12H15N3S. The van der Waals surface area contributed by atoms with Gasteiger partial charge in [-0.3, -0.25) is 0 Å². The summed E-state index contributed by atoms with van der Waals surface area (Å²) in [5.41, 5.74) is 8.02. The van der Waals surface area contributed by atoms with Crippen molar-refractivity contribution in [3.63, 3.8) is 0 Å². The number of imidazole rings is 1. The van der Waals surface area contributed by atoms with Crippen LogP contribution in [0.15, 0.2) is 40.6 Å². The van der Waals surface area contributed by atoms with Gasteiger partial charge < -0.3 is 10.3 Å². The van der Waals surface area contributed by atoms with E-state index < -0.39 is 0 Å². The van der Waals surface area contributed by atoms with Gasteiger partial charge >= 0.3 is 0 Å². The molecule has 0 bridgehead atoms. The van der Waals surface area contributed by atoms with Gasteiger partial charge in [0.2, 0.25) is 0 Å². The monoisotopic (exact) mass is 233 g/mol. The van der Waals surface area contributed by atoms with E-state index in [0.717, 1.165) is 5.16 Å². The second-order valence-corrected chi connectivity index (χ2v) is 4.74. The zero-order valence-corrected chi connectivity index (χ0v) is 10.3. The molecule has 1 aromatic heterocycles. The smallest absolute Gasteiger partial charge is 0.172 e. The Hall–Kier alpha value is -1.26. The van der Waals surface area contributed by atoms with E-state index in [9.17, 15) is 0 Å². The summed E-state index contributed by atoms with van der Waals surface area (Å²) in [7, 11) is 2.00. The van der Waals surface area contributed by atoms with Gasteiger partial charge in [0.25, 0.3) is 0 Å². The lowest BCUT2D eigenvalue weighted by Crippen LogP contribution is -1.97. The van der Waals surface area contributed by atoms with Crippen molar-refractivity contribution < 1.29 is 0 Å². The van der Waals surface area contributed by atoms with Gasteiger partial charge in [-0.1, -0.05) is 23.9 Å². The number of nitrogens with two attached hydrogens (primary N) is 1. The van der Waals surface area contributed by atoms with E-state index >= 15 is 0 Å². The first kappa shape index (κ1) is 11.2. The summed E-state index contributed by atoms with van der Waals surface area (Å²) in [6, 6.07) is 6.31. The van der Waals surface area contributed by atoms with Crippen LogP contribution >= 0.6 is 11.8 Å². The van der Waals surface area contributed by atoms with Gasteiger partial charge in [0.15, 0.2) is 5.16 Å². The first-order chi connectivity index (χ1) is 7.70. The van der Waals surface area contributed by atoms with Crippen LogP contribution in [-0.2, 0) is 13.6 Å². The standard InChI is InChI=1S/C12H15N3S/c1-9-7-10(8-13)3-4-11(9)16-12-14-5-6-15(12)2/h3-7H,8,13H2,1-2H3. The lowest BCUT2D eigenvalue weighted by molar-refractivity contribution is 0.790. The average Bonchev–Trinajstić information content (AvgIpc) is 2.67. The van der Waals surface area contributed by atoms with E-state index in [0.29, 0.717) is 6.54 Å². The minimum absolute atomic E-state index is 0.591. The molecule has 0 unspecified atom stereocenters. The van der Waals surface area contributed by atoms with Gasteiger partial charge in [0.05, 0.1) is 0 Å². The largest absolute Gasteiger partial charge is 0.329 e. The normalized spacial score (nSPS) is 10.7. The van der Waals surface area contributed by atoms with E-state index in [1.807, 2.05) is 24.0 Å². The molecule has 0 aliphatic carbocycles. The number of aryl methyl sites for hydroxylation is 2. The third kappa shape index (κ3) is 2.28. The maximum Gasteiger partial charge on any atom is 0.172 e. The summed E-state index contributed by atoms with van der Waals surface area (Å²) in [4.78, 5) is 5.52. The number of nitrogens with zero attached hydrogens (tertiary/aromatic N) is 2. The molecule has 0 radical (unpaired) electrons. The summed E-state index contributed by atoms with van der Waals surface area (Å²) in [6.07, 6.45) is 3.76. The zero-order valence-electron chi connectivity index (χ0n) is 9.47. The molecule has 2 aromatic rings. The Kier molecular flexibility index (Phi) is 3.31. The topological polar surface area (TPSA) is 43.8 Å². The van der Waals surface area contributed by atoms with Crippen molar-refractivity contribution in [2.24, 2.45) is 12.8 Å². The molecule has 0 atom stereocenters. The van der Waals surface area contributed by atoms with Crippen LogP contribution < -0.4 is 5.73 Å². The highest BCUT2D eigenvalue weighted by molar-refractivity contribution is 7.99. The fourth-order valence-electron chi connectivity index (χ4n) is 1.50. The first-order valence-corrected chi connectivity index (χ1v) is 5.97. The second-order valence-electron chi connectivity index (χ2n) is 3.73. The Morgan fingerprint density at radius 2 is 2.25 bits per heavy atom. The molecular weight excluding hydrogens is 218 g/mol. The van der Waals surface area contributed by atoms with Gasteiger partial charge in [-0.2, -0.15) is 0 Å². The fourth-order valence-corrected chi connectivity index (χ4v) is 2.37. The van der Waals surface area contributed by atoms with E-state index in [-0.39, 0.29) is 0 Å². The van der Waals surface area contributed by atoms with Gasteiger partial charge in [-0.25, -0.2) is 4.98 Å². The quantitative estimate of drug-likeness (QED) is 0.885. The number of rotatable bonds is 3. The third-order valence-corrected chi connectivity index (χ3v) is 3.71. The lowest BCUT2D eigenvalue weighted by Gasteiger charge is -2.07. The molecule has 2 rings (SSSR count). The van der Waals surface area contributed by atoms with Crippen LogP contribution in [0.3, 0.4) is 0 Å². The predicted molar refractivity (Wildman–Crippen MR) is 66.4 cm³/mol. The van der Waals surface area contributed by atoms with Crippen LogP contribution in [0.1, 0.15) is 11.1 Å². The van der Waals surface area contributed by atoms with Crippen LogP contribution in [0, 0.1) is 6.92 Å². The average molecular weight is 233 g/mol. The summed E-state index contributed by atoms with van der Waals surface area (Å²) >= 11 is 1.68. The van der Waals surface area contributed by atoms with Crippen molar-refractivity contribution >= 4 is 11.8 Å². The minimum Gasteiger partial charge on any atom is -0.329 e. The van der Waals surface area contributed by atoms with Crippen molar-refractivity contribution in [1.82, 2.24) is 9.55 Å². The zero-order chi connectivity index (χ0) is 11.5. The lowest BCUT2D eigenvalue weighted by atomic mass is 10.1. The van der Waals surface area contributed by atoms with Crippen molar-refractivity contribution in [2.75, 3.05) is 0 Å². The van der Waals surface area contributed by atoms with Gasteiger partial charge in [0.1, 0.15) is 0 Å². The van der Waals surface area contributed by atoms with Crippen molar-refractivity contribution in [3.05, 3.63) is 41.7 Å². The molecule has 4 heteroatoms. The fraction of sp³-hybridized carbons (Fsp3) is 0.250. The minimum atomic E-state index is 0.591. The SMILES string of the molecule is Cc1cc(CN)ccc1Sc1nccn1C. The molecule has 16 heavy (non-hydrogen) atoms.